The van der Waals surface area contributed by atoms with Gasteiger partial charge in [0, 0.05) is 38.5 Å². The predicted octanol–water partition coefficient (Wildman–Crippen LogP) is 18.5. The van der Waals surface area contributed by atoms with Crippen molar-refractivity contribution in [2.45, 2.75) is 81.6 Å². The fourth-order valence-electron chi connectivity index (χ4n) is 11.0. The van der Waals surface area contributed by atoms with E-state index in [9.17, 15) is 0 Å². The number of anilines is 6. The van der Waals surface area contributed by atoms with E-state index in [4.69, 9.17) is 8.83 Å². The highest BCUT2D eigenvalue weighted by atomic mass is 16.3. The van der Waals surface area contributed by atoms with Crippen molar-refractivity contribution in [3.05, 3.63) is 190 Å². The van der Waals surface area contributed by atoms with Crippen LogP contribution in [0.15, 0.2) is 148 Å². The minimum Gasteiger partial charge on any atom is -0.456 e. The predicted molar refractivity (Wildman–Crippen MR) is 282 cm³/mol. The summed E-state index contributed by atoms with van der Waals surface area (Å²) in [6.45, 7) is 24.5. The molecule has 0 N–H and O–H groups in total. The highest BCUT2D eigenvalue weighted by molar-refractivity contribution is 6.20. The van der Waals surface area contributed by atoms with Crippen LogP contribution in [0.5, 0.6) is 0 Å². The Bertz CT molecular complexity index is 3490. The lowest BCUT2D eigenvalue weighted by Gasteiger charge is -2.31. The van der Waals surface area contributed by atoms with Gasteiger partial charge in [0.25, 0.3) is 0 Å². The van der Waals surface area contributed by atoms with Crippen LogP contribution in [0, 0.1) is 55.4 Å². The minimum absolute atomic E-state index is 0.248. The maximum absolute atomic E-state index is 7.08. The zero-order valence-corrected chi connectivity index (χ0v) is 40.0. The third-order valence-electron chi connectivity index (χ3n) is 14.0. The number of nitrogens with zero attached hydrogens (tertiary/aromatic N) is 2. The molecule has 4 nitrogen and oxygen atoms in total. The average Bonchev–Trinajstić information content (AvgIpc) is 3.80. The van der Waals surface area contributed by atoms with Crippen LogP contribution in [0.4, 0.5) is 34.1 Å². The Morgan fingerprint density at radius 2 is 0.727 bits per heavy atom. The molecule has 0 spiro atoms. The lowest BCUT2D eigenvalue weighted by molar-refractivity contribution is 0.577. The van der Waals surface area contributed by atoms with Gasteiger partial charge in [-0.2, -0.15) is 0 Å². The maximum Gasteiger partial charge on any atom is 0.140 e. The van der Waals surface area contributed by atoms with Crippen LogP contribution in [0.3, 0.4) is 0 Å². The number of para-hydroxylation sites is 4. The Balaban J connectivity index is 1.09. The van der Waals surface area contributed by atoms with Crippen molar-refractivity contribution in [1.82, 2.24) is 0 Å². The van der Waals surface area contributed by atoms with Crippen molar-refractivity contribution in [3.63, 3.8) is 0 Å². The summed E-state index contributed by atoms with van der Waals surface area (Å²) in [5.41, 5.74) is 21.5. The summed E-state index contributed by atoms with van der Waals surface area (Å²) >= 11 is 0. The van der Waals surface area contributed by atoms with Crippen LogP contribution < -0.4 is 9.80 Å². The van der Waals surface area contributed by atoms with Gasteiger partial charge in [-0.15, -0.1) is 0 Å². The average molecular weight is 861 g/mol. The molecule has 0 saturated heterocycles. The Morgan fingerprint density at radius 3 is 1.12 bits per heavy atom. The topological polar surface area (TPSA) is 32.8 Å². The molecule has 9 aromatic carbocycles. The third-order valence-corrected chi connectivity index (χ3v) is 14.0. The standard InChI is InChI=1S/C62H56N2O2/c1-35-16-12-17-36(2)57(35)63(58-37(3)18-13-19-38(58)4)47-26-24-43-30-49-50-34-54-55(56(62(9,10)11)61(50)66-52(49)32-45(43)28-47)51-31-44-25-27-48(29-46(44)33-53(51)65-54)64(59-39(5)20-14-21-40(59)6)60-41(7)22-15-23-42(60)8/h12-34H,1-11H3. The Morgan fingerprint density at radius 1 is 0.348 bits per heavy atom. The highest BCUT2D eigenvalue weighted by Gasteiger charge is 2.29. The highest BCUT2D eigenvalue weighted by Crippen LogP contribution is 2.49. The van der Waals surface area contributed by atoms with Gasteiger partial charge in [-0.05, 0) is 181 Å². The Labute approximate surface area is 387 Å². The second-order valence-electron chi connectivity index (χ2n) is 19.8. The molecular formula is C62H56N2O2. The van der Waals surface area contributed by atoms with E-state index in [2.05, 4.69) is 225 Å². The van der Waals surface area contributed by atoms with Crippen molar-refractivity contribution < 1.29 is 8.83 Å². The number of benzene rings is 9. The molecular weight excluding hydrogens is 805 g/mol. The lowest BCUT2D eigenvalue weighted by atomic mass is 9.82. The van der Waals surface area contributed by atoms with E-state index in [-0.39, 0.29) is 5.41 Å². The van der Waals surface area contributed by atoms with Crippen molar-refractivity contribution in [2.75, 3.05) is 9.80 Å². The van der Waals surface area contributed by atoms with Crippen molar-refractivity contribution >= 4 is 99.5 Å². The van der Waals surface area contributed by atoms with E-state index in [0.29, 0.717) is 0 Å². The molecule has 4 heteroatoms. The Kier molecular flexibility index (Phi) is 9.50. The number of rotatable bonds is 6. The van der Waals surface area contributed by atoms with E-state index >= 15 is 0 Å². The number of fused-ring (bicyclic) bond motifs is 8. The fraction of sp³-hybridized carbons (Fsp3) is 0.194. The first-order valence-corrected chi connectivity index (χ1v) is 23.2. The van der Waals surface area contributed by atoms with Crippen LogP contribution in [0.1, 0.15) is 70.8 Å². The maximum atomic E-state index is 7.08. The number of aryl methyl sites for hydroxylation is 8. The summed E-state index contributed by atoms with van der Waals surface area (Å²) in [5, 5.41) is 8.98. The first-order valence-electron chi connectivity index (χ1n) is 23.2. The largest absolute Gasteiger partial charge is 0.456 e. The summed E-state index contributed by atoms with van der Waals surface area (Å²) in [5.74, 6) is 0. The molecule has 0 amide bonds. The molecule has 326 valence electrons. The molecule has 0 atom stereocenters. The van der Waals surface area contributed by atoms with Gasteiger partial charge in [-0.25, -0.2) is 0 Å². The summed E-state index contributed by atoms with van der Waals surface area (Å²) in [4.78, 5) is 4.90. The van der Waals surface area contributed by atoms with Gasteiger partial charge in [0.2, 0.25) is 0 Å². The van der Waals surface area contributed by atoms with E-state index in [1.807, 2.05) is 0 Å². The van der Waals surface area contributed by atoms with E-state index < -0.39 is 0 Å². The van der Waals surface area contributed by atoms with Crippen molar-refractivity contribution in [3.8, 4) is 0 Å². The van der Waals surface area contributed by atoms with Gasteiger partial charge in [0.05, 0.1) is 22.7 Å². The molecule has 0 aliphatic carbocycles. The second-order valence-corrected chi connectivity index (χ2v) is 19.8. The molecule has 2 aromatic heterocycles. The zero-order valence-electron chi connectivity index (χ0n) is 40.0. The molecule has 0 fully saturated rings. The second kappa shape index (κ2) is 15.1. The smallest absolute Gasteiger partial charge is 0.140 e. The van der Waals surface area contributed by atoms with Crippen LogP contribution >= 0.6 is 0 Å². The monoisotopic (exact) mass is 860 g/mol. The van der Waals surface area contributed by atoms with Gasteiger partial charge in [0.15, 0.2) is 0 Å². The summed E-state index contributed by atoms with van der Waals surface area (Å²) in [6, 6.07) is 51.3. The normalized spacial score (nSPS) is 12.2. The quantitative estimate of drug-likeness (QED) is 0.167. The first kappa shape index (κ1) is 41.4. The molecule has 0 aliphatic rings. The van der Waals surface area contributed by atoms with Gasteiger partial charge in [-0.1, -0.05) is 106 Å². The third kappa shape index (κ3) is 6.48. The van der Waals surface area contributed by atoms with Crippen LogP contribution in [-0.4, -0.2) is 0 Å². The van der Waals surface area contributed by atoms with Crippen molar-refractivity contribution in [1.29, 1.82) is 0 Å². The van der Waals surface area contributed by atoms with Crippen LogP contribution in [0.2, 0.25) is 0 Å². The molecule has 66 heavy (non-hydrogen) atoms. The molecule has 2 heterocycles. The molecule has 11 rings (SSSR count). The summed E-state index contributed by atoms with van der Waals surface area (Å²) < 4.78 is 14.0. The molecule has 0 bridgehead atoms. The van der Waals surface area contributed by atoms with Crippen LogP contribution in [-0.2, 0) is 5.41 Å². The van der Waals surface area contributed by atoms with Gasteiger partial charge >= 0.3 is 0 Å². The van der Waals surface area contributed by atoms with Gasteiger partial charge in [0.1, 0.15) is 22.3 Å². The number of hydrogen-bond donors (Lipinski definition) is 0. The SMILES string of the molecule is Cc1cccc(C)c1N(c1ccc2cc3c(cc2c1)oc1c(C(C)(C)C)c2c(cc13)oc1cc3cc(N(c4c(C)cccc4C)c4c(C)cccc4C)ccc3cc12)c1c(C)cccc1C. The lowest BCUT2D eigenvalue weighted by Crippen LogP contribution is -2.15. The van der Waals surface area contributed by atoms with E-state index in [1.54, 1.807) is 0 Å². The first-order chi connectivity index (χ1) is 31.7. The van der Waals surface area contributed by atoms with Gasteiger partial charge < -0.3 is 18.6 Å². The molecule has 0 radical (unpaired) electrons. The minimum atomic E-state index is -0.248. The molecule has 0 saturated carbocycles. The van der Waals surface area contributed by atoms with Gasteiger partial charge in [-0.3, -0.25) is 0 Å². The fourth-order valence-corrected chi connectivity index (χ4v) is 11.0. The Hall–Kier alpha value is -7.30. The summed E-state index contributed by atoms with van der Waals surface area (Å²) in [7, 11) is 0. The number of furan rings is 2. The zero-order chi connectivity index (χ0) is 45.9. The van der Waals surface area contributed by atoms with E-state index in [1.165, 1.54) is 72.6 Å². The molecule has 0 unspecified atom stereocenters. The van der Waals surface area contributed by atoms with Crippen LogP contribution in [0.25, 0.3) is 65.4 Å². The van der Waals surface area contributed by atoms with E-state index in [0.717, 1.165) is 77.0 Å². The van der Waals surface area contributed by atoms with Crippen molar-refractivity contribution in [2.24, 2.45) is 0 Å². The molecule has 0 aliphatic heterocycles. The molecule has 11 aromatic rings. The number of hydrogen-bond acceptors (Lipinski definition) is 4. The summed E-state index contributed by atoms with van der Waals surface area (Å²) in [6.07, 6.45) is 0.